The van der Waals surface area contributed by atoms with Gasteiger partial charge in [-0.2, -0.15) is 0 Å². The van der Waals surface area contributed by atoms with Gasteiger partial charge in [0.1, 0.15) is 5.82 Å². The predicted octanol–water partition coefficient (Wildman–Crippen LogP) is 4.79. The van der Waals surface area contributed by atoms with Crippen molar-refractivity contribution in [3.63, 3.8) is 0 Å². The lowest BCUT2D eigenvalue weighted by molar-refractivity contribution is 0.608. The van der Waals surface area contributed by atoms with Crippen LogP contribution in [-0.2, 0) is 6.42 Å². The summed E-state index contributed by atoms with van der Waals surface area (Å²) in [6, 6.07) is 14.1. The van der Waals surface area contributed by atoms with Gasteiger partial charge in [-0.05, 0) is 55.1 Å². The summed E-state index contributed by atoms with van der Waals surface area (Å²) in [5, 5.41) is 3.28. The van der Waals surface area contributed by atoms with Crippen LogP contribution in [0.15, 0.2) is 42.5 Å². The zero-order chi connectivity index (χ0) is 15.2. The number of benzene rings is 2. The fourth-order valence-corrected chi connectivity index (χ4v) is 2.57. The molecule has 0 bridgehead atoms. The Morgan fingerprint density at radius 2 is 1.71 bits per heavy atom. The van der Waals surface area contributed by atoms with E-state index >= 15 is 0 Å². The van der Waals surface area contributed by atoms with Gasteiger partial charge in [-0.25, -0.2) is 4.39 Å². The Labute approximate surface area is 127 Å². The molecule has 1 nitrogen and oxygen atoms in total. The second kappa shape index (κ2) is 7.37. The van der Waals surface area contributed by atoms with Gasteiger partial charge >= 0.3 is 0 Å². The van der Waals surface area contributed by atoms with Crippen molar-refractivity contribution in [1.82, 2.24) is 5.32 Å². The number of halogens is 1. The highest BCUT2D eigenvalue weighted by atomic mass is 19.1. The second-order valence-electron chi connectivity index (χ2n) is 5.58. The molecule has 0 saturated carbocycles. The molecule has 0 aliphatic heterocycles. The maximum Gasteiger partial charge on any atom is 0.126 e. The molecule has 112 valence electrons. The van der Waals surface area contributed by atoms with E-state index in [1.54, 1.807) is 13.0 Å². The molecule has 2 aromatic rings. The SMILES string of the molecule is CCCCc1ccc(C(NC)c2ccc(C)c(F)c2)cc1. The minimum Gasteiger partial charge on any atom is -0.309 e. The summed E-state index contributed by atoms with van der Waals surface area (Å²) in [7, 11) is 1.91. The molecule has 0 spiro atoms. The average Bonchev–Trinajstić information content (AvgIpc) is 2.50. The fraction of sp³-hybridized carbons (Fsp3) is 0.368. The first-order valence-corrected chi connectivity index (χ1v) is 7.68. The zero-order valence-electron chi connectivity index (χ0n) is 13.1. The molecule has 21 heavy (non-hydrogen) atoms. The van der Waals surface area contributed by atoms with E-state index in [2.05, 4.69) is 36.5 Å². The molecule has 2 rings (SSSR count). The van der Waals surface area contributed by atoms with E-state index in [1.807, 2.05) is 19.2 Å². The van der Waals surface area contributed by atoms with Gasteiger partial charge in [0.25, 0.3) is 0 Å². The minimum atomic E-state index is -0.146. The van der Waals surface area contributed by atoms with Crippen LogP contribution >= 0.6 is 0 Å². The molecule has 0 aliphatic rings. The average molecular weight is 285 g/mol. The maximum atomic E-state index is 13.8. The Morgan fingerprint density at radius 1 is 1.05 bits per heavy atom. The Morgan fingerprint density at radius 3 is 2.29 bits per heavy atom. The third-order valence-electron chi connectivity index (χ3n) is 3.95. The van der Waals surface area contributed by atoms with Gasteiger partial charge in [0, 0.05) is 0 Å². The molecule has 1 atom stereocenters. The Hall–Kier alpha value is -1.67. The van der Waals surface area contributed by atoms with Crippen LogP contribution in [0.3, 0.4) is 0 Å². The number of unbranched alkanes of at least 4 members (excludes halogenated alkanes) is 1. The van der Waals surface area contributed by atoms with Crippen molar-refractivity contribution >= 4 is 0 Å². The lowest BCUT2D eigenvalue weighted by atomic mass is 9.96. The highest BCUT2D eigenvalue weighted by Gasteiger charge is 2.13. The zero-order valence-corrected chi connectivity index (χ0v) is 13.1. The lowest BCUT2D eigenvalue weighted by Crippen LogP contribution is -2.17. The number of hydrogen-bond donors (Lipinski definition) is 1. The highest BCUT2D eigenvalue weighted by molar-refractivity contribution is 5.35. The number of hydrogen-bond acceptors (Lipinski definition) is 1. The molecule has 2 aromatic carbocycles. The van der Waals surface area contributed by atoms with Gasteiger partial charge in [0.05, 0.1) is 6.04 Å². The van der Waals surface area contributed by atoms with E-state index in [0.29, 0.717) is 5.56 Å². The summed E-state index contributed by atoms with van der Waals surface area (Å²) in [4.78, 5) is 0. The lowest BCUT2D eigenvalue weighted by Gasteiger charge is -2.18. The third-order valence-corrected chi connectivity index (χ3v) is 3.95. The molecule has 0 fully saturated rings. The first-order chi connectivity index (χ1) is 10.2. The summed E-state index contributed by atoms with van der Waals surface area (Å²) in [5.41, 5.74) is 4.18. The van der Waals surface area contributed by atoms with Crippen molar-refractivity contribution < 1.29 is 4.39 Å². The van der Waals surface area contributed by atoms with Gasteiger partial charge < -0.3 is 5.32 Å². The van der Waals surface area contributed by atoms with Crippen LogP contribution < -0.4 is 5.32 Å². The second-order valence-corrected chi connectivity index (χ2v) is 5.58. The van der Waals surface area contributed by atoms with E-state index in [4.69, 9.17) is 0 Å². The molecule has 1 N–H and O–H groups in total. The third kappa shape index (κ3) is 3.92. The van der Waals surface area contributed by atoms with Gasteiger partial charge in [-0.1, -0.05) is 49.7 Å². The molecule has 0 radical (unpaired) electrons. The van der Waals surface area contributed by atoms with E-state index < -0.39 is 0 Å². The Kier molecular flexibility index (Phi) is 5.51. The number of rotatable bonds is 6. The van der Waals surface area contributed by atoms with Crippen LogP contribution in [0.2, 0.25) is 0 Å². The van der Waals surface area contributed by atoms with E-state index in [-0.39, 0.29) is 11.9 Å². The maximum absolute atomic E-state index is 13.8. The smallest absolute Gasteiger partial charge is 0.126 e. The summed E-state index contributed by atoms with van der Waals surface area (Å²) in [6.07, 6.45) is 3.56. The van der Waals surface area contributed by atoms with Crippen molar-refractivity contribution in [1.29, 1.82) is 0 Å². The Bertz CT molecular complexity index is 575. The summed E-state index contributed by atoms with van der Waals surface area (Å²) in [6.45, 7) is 3.99. The predicted molar refractivity (Wildman–Crippen MR) is 87.1 cm³/mol. The van der Waals surface area contributed by atoms with E-state index in [0.717, 1.165) is 12.0 Å². The molecule has 0 aromatic heterocycles. The summed E-state index contributed by atoms with van der Waals surface area (Å²) in [5.74, 6) is -0.146. The molecular formula is C19H24FN. The van der Waals surface area contributed by atoms with Crippen LogP contribution in [-0.4, -0.2) is 7.05 Å². The molecule has 0 amide bonds. The normalized spacial score (nSPS) is 12.4. The topological polar surface area (TPSA) is 12.0 Å². The fourth-order valence-electron chi connectivity index (χ4n) is 2.57. The van der Waals surface area contributed by atoms with Crippen molar-refractivity contribution in [3.8, 4) is 0 Å². The largest absolute Gasteiger partial charge is 0.309 e. The summed E-state index contributed by atoms with van der Waals surface area (Å²) < 4.78 is 13.8. The standard InChI is InChI=1S/C19H24FN/c1-4-5-6-15-8-11-16(12-9-15)19(21-3)17-10-7-14(2)18(20)13-17/h7-13,19,21H,4-6H2,1-3H3. The molecule has 2 heteroatoms. The van der Waals surface area contributed by atoms with Gasteiger partial charge in [-0.3, -0.25) is 0 Å². The van der Waals surface area contributed by atoms with E-state index in [9.17, 15) is 4.39 Å². The molecule has 0 heterocycles. The van der Waals surface area contributed by atoms with Crippen LogP contribution in [0.4, 0.5) is 4.39 Å². The first kappa shape index (κ1) is 15.7. The van der Waals surface area contributed by atoms with Crippen molar-refractivity contribution in [2.24, 2.45) is 0 Å². The first-order valence-electron chi connectivity index (χ1n) is 7.68. The monoisotopic (exact) mass is 285 g/mol. The molecule has 1 unspecified atom stereocenters. The minimum absolute atomic E-state index is 0.0281. The molecule has 0 aliphatic carbocycles. The number of nitrogens with one attached hydrogen (secondary N) is 1. The quantitative estimate of drug-likeness (QED) is 0.805. The highest BCUT2D eigenvalue weighted by Crippen LogP contribution is 2.24. The van der Waals surface area contributed by atoms with E-state index in [1.165, 1.54) is 24.0 Å². The molecular weight excluding hydrogens is 261 g/mol. The van der Waals surface area contributed by atoms with Crippen molar-refractivity contribution in [2.45, 2.75) is 39.2 Å². The van der Waals surface area contributed by atoms with Gasteiger partial charge in [0.2, 0.25) is 0 Å². The Balaban J connectivity index is 2.22. The summed E-state index contributed by atoms with van der Waals surface area (Å²) >= 11 is 0. The molecule has 0 saturated heterocycles. The van der Waals surface area contributed by atoms with Gasteiger partial charge in [-0.15, -0.1) is 0 Å². The van der Waals surface area contributed by atoms with Gasteiger partial charge in [0.15, 0.2) is 0 Å². The van der Waals surface area contributed by atoms with Crippen molar-refractivity contribution in [2.75, 3.05) is 7.05 Å². The van der Waals surface area contributed by atoms with Crippen LogP contribution in [0.25, 0.3) is 0 Å². The van der Waals surface area contributed by atoms with Crippen LogP contribution in [0.1, 0.15) is 48.1 Å². The van der Waals surface area contributed by atoms with Crippen molar-refractivity contribution in [3.05, 3.63) is 70.5 Å². The van der Waals surface area contributed by atoms with Crippen LogP contribution in [0.5, 0.6) is 0 Å². The van der Waals surface area contributed by atoms with Crippen LogP contribution in [0, 0.1) is 12.7 Å². The number of aryl methyl sites for hydroxylation is 2.